The fraction of sp³-hybridized carbons (Fsp3) is 0.618. The predicted octanol–water partition coefficient (Wildman–Crippen LogP) is 0.844. The van der Waals surface area contributed by atoms with E-state index in [2.05, 4.69) is 32.0 Å². The molecule has 3 rings (SSSR count). The third-order valence-electron chi connectivity index (χ3n) is 13.9. The molecule has 21 heteroatoms. The molecule has 2 aromatic carbocycles. The second kappa shape index (κ2) is 31.1. The number of carbonyl (C=O) groups excluding carboxylic acids is 9. The Kier molecular flexibility index (Phi) is 26.2. The maximum Gasteiger partial charge on any atom is 0.262 e. The second-order valence-corrected chi connectivity index (χ2v) is 21.0. The predicted molar refractivity (Wildman–Crippen MR) is 289 cm³/mol. The van der Waals surface area contributed by atoms with Gasteiger partial charge in [0.1, 0.15) is 36.5 Å². The molecule has 0 radical (unpaired) electrons. The minimum atomic E-state index is -1.29. The van der Waals surface area contributed by atoms with Crippen molar-refractivity contribution in [2.24, 2.45) is 17.8 Å². The standard InChI is InChI=1S/C55H87N11O10/c1-34(2)29-42(56-9)53(74)64(12)45(33-68)55(76)66-43(25-20-27-58-66)54(75)63(11)44(31-40-23-18-15-19-24-40)50(71)61-48(36(5)6)59-37(7)49(70)57-28-26-46(69)65(13)47(35(3)4)51(72)60-38(8)52(73)62(10)41(32-67)30-39-21-16-14-17-22-39/h14-19,21-24,32,34-38,41-45,47-48,56,58-59,68H,20,25-31,33H2,1-13H3,(H,57,70)(H,60,72)(H,61,71). The Morgan fingerprint density at radius 3 is 1.83 bits per heavy atom. The molecule has 0 aromatic heterocycles. The number of likely N-dealkylation sites (N-methyl/N-ethyl adjacent to an activating group) is 5. The van der Waals surface area contributed by atoms with E-state index in [0.29, 0.717) is 32.1 Å². The number of amides is 8. The fourth-order valence-electron chi connectivity index (χ4n) is 9.23. The molecule has 0 saturated carbocycles. The van der Waals surface area contributed by atoms with E-state index < -0.39 is 102 Å². The number of nitrogens with one attached hydrogen (secondary N) is 6. The van der Waals surface area contributed by atoms with Gasteiger partial charge in [-0.2, -0.15) is 0 Å². The van der Waals surface area contributed by atoms with Crippen LogP contribution in [0.5, 0.6) is 0 Å². The normalized spacial score (nSPS) is 16.8. The smallest absolute Gasteiger partial charge is 0.262 e. The van der Waals surface area contributed by atoms with Gasteiger partial charge in [-0.15, -0.1) is 0 Å². The molecule has 1 heterocycles. The molecule has 1 aliphatic heterocycles. The minimum Gasteiger partial charge on any atom is -0.394 e. The third kappa shape index (κ3) is 18.2. The van der Waals surface area contributed by atoms with Crippen LogP contribution in [0.2, 0.25) is 0 Å². The largest absolute Gasteiger partial charge is 0.394 e. The maximum absolute atomic E-state index is 14.6. The van der Waals surface area contributed by atoms with Gasteiger partial charge in [0, 0.05) is 54.1 Å². The van der Waals surface area contributed by atoms with Gasteiger partial charge in [-0.25, -0.2) is 5.43 Å². The van der Waals surface area contributed by atoms with Crippen molar-refractivity contribution in [3.05, 3.63) is 71.8 Å². The highest BCUT2D eigenvalue weighted by atomic mass is 16.3. The Morgan fingerprint density at radius 1 is 0.711 bits per heavy atom. The third-order valence-corrected chi connectivity index (χ3v) is 13.9. The number of rotatable bonds is 29. The summed E-state index contributed by atoms with van der Waals surface area (Å²) < 4.78 is 0. The highest BCUT2D eigenvalue weighted by molar-refractivity contribution is 5.95. The number of hydrogen-bond acceptors (Lipinski definition) is 13. The van der Waals surface area contributed by atoms with Crippen molar-refractivity contribution in [1.82, 2.24) is 56.6 Å². The van der Waals surface area contributed by atoms with Crippen LogP contribution in [0.1, 0.15) is 92.2 Å². The Balaban J connectivity index is 1.69. The monoisotopic (exact) mass is 1060 g/mol. The van der Waals surface area contributed by atoms with Crippen LogP contribution in [0, 0.1) is 17.8 Å². The van der Waals surface area contributed by atoms with E-state index in [-0.39, 0.29) is 49.5 Å². The van der Waals surface area contributed by atoms with E-state index in [1.54, 1.807) is 27.8 Å². The van der Waals surface area contributed by atoms with E-state index in [1.165, 1.54) is 59.7 Å². The van der Waals surface area contributed by atoms with Crippen molar-refractivity contribution in [2.45, 2.75) is 148 Å². The molecule has 0 spiro atoms. The zero-order chi connectivity index (χ0) is 57.0. The first-order chi connectivity index (χ1) is 35.9. The second-order valence-electron chi connectivity index (χ2n) is 21.0. The highest BCUT2D eigenvalue weighted by Gasteiger charge is 2.42. The molecular weight excluding hydrogens is 975 g/mol. The molecule has 8 amide bonds. The Labute approximate surface area is 449 Å². The summed E-state index contributed by atoms with van der Waals surface area (Å²) in [5.41, 5.74) is 4.65. The van der Waals surface area contributed by atoms with Gasteiger partial charge < -0.3 is 50.8 Å². The van der Waals surface area contributed by atoms with Crippen molar-refractivity contribution in [2.75, 3.05) is 54.9 Å². The first kappa shape index (κ1) is 64.0. The first-order valence-electron chi connectivity index (χ1n) is 26.5. The highest BCUT2D eigenvalue weighted by Crippen LogP contribution is 2.21. The van der Waals surface area contributed by atoms with Crippen LogP contribution in [0.3, 0.4) is 0 Å². The summed E-state index contributed by atoms with van der Waals surface area (Å²) in [6.07, 6.45) is 1.46. The van der Waals surface area contributed by atoms with Gasteiger partial charge in [-0.05, 0) is 75.5 Å². The van der Waals surface area contributed by atoms with Crippen molar-refractivity contribution in [3.63, 3.8) is 0 Å². The van der Waals surface area contributed by atoms with Crippen LogP contribution in [0.25, 0.3) is 0 Å². The quantitative estimate of drug-likeness (QED) is 0.0441. The average Bonchev–Trinajstić information content (AvgIpc) is 3.39. The minimum absolute atomic E-state index is 0.0742. The number of hydrazine groups is 1. The molecule has 1 fully saturated rings. The van der Waals surface area contributed by atoms with Crippen molar-refractivity contribution < 1.29 is 48.3 Å². The van der Waals surface area contributed by atoms with Gasteiger partial charge in [0.2, 0.25) is 41.4 Å². The van der Waals surface area contributed by atoms with Gasteiger partial charge in [0.05, 0.1) is 30.9 Å². The molecule has 2 aromatic rings. The van der Waals surface area contributed by atoms with Crippen molar-refractivity contribution in [1.29, 1.82) is 0 Å². The number of aliphatic hydroxyl groups excluding tert-OH is 1. The molecule has 21 nitrogen and oxygen atoms in total. The van der Waals surface area contributed by atoms with Crippen molar-refractivity contribution >= 4 is 53.5 Å². The molecular formula is C55H87N11O10. The van der Waals surface area contributed by atoms with Gasteiger partial charge in [-0.3, -0.25) is 48.7 Å². The Hall–Kier alpha value is -6.29. The molecule has 76 heavy (non-hydrogen) atoms. The van der Waals surface area contributed by atoms with Gasteiger partial charge in [-0.1, -0.05) is 102 Å². The lowest BCUT2D eigenvalue weighted by atomic mass is 10.00. The van der Waals surface area contributed by atoms with Crippen LogP contribution in [-0.4, -0.2) is 193 Å². The first-order valence-corrected chi connectivity index (χ1v) is 26.5. The summed E-state index contributed by atoms with van der Waals surface area (Å²) in [6.45, 7) is 13.9. The lowest BCUT2D eigenvalue weighted by Gasteiger charge is -2.41. The molecule has 1 aliphatic rings. The summed E-state index contributed by atoms with van der Waals surface area (Å²) in [6, 6.07) is 10.8. The summed E-state index contributed by atoms with van der Waals surface area (Å²) in [7, 11) is 7.59. The maximum atomic E-state index is 14.6. The zero-order valence-corrected chi connectivity index (χ0v) is 47.0. The van der Waals surface area contributed by atoms with Crippen molar-refractivity contribution in [3.8, 4) is 0 Å². The number of carbonyl (C=O) groups is 9. The SMILES string of the molecule is CNC(CC(C)C)C(=O)N(C)C(CO)C(=O)N1NCCCC1C(=O)N(C)C(Cc1ccccc1)C(=O)NC(NC(C)C(=O)NCCC(=O)N(C)C(C(=O)NC(C)C(=O)N(C)C(C=O)Cc1ccccc1)C(C)C)C(C)C. The molecule has 7 N–H and O–H groups in total. The van der Waals surface area contributed by atoms with E-state index in [4.69, 9.17) is 0 Å². The fourth-order valence-corrected chi connectivity index (χ4v) is 9.23. The van der Waals surface area contributed by atoms with Crippen LogP contribution in [0.4, 0.5) is 0 Å². The number of hydrogen-bond donors (Lipinski definition) is 7. The van der Waals surface area contributed by atoms with E-state index >= 15 is 0 Å². The van der Waals surface area contributed by atoms with Crippen LogP contribution >= 0.6 is 0 Å². The number of aliphatic hydroxyl groups is 1. The average molecular weight is 1060 g/mol. The number of aldehydes is 1. The van der Waals surface area contributed by atoms with Crippen LogP contribution < -0.4 is 32.0 Å². The molecule has 422 valence electrons. The summed E-state index contributed by atoms with van der Waals surface area (Å²) >= 11 is 0. The molecule has 1 saturated heterocycles. The Bertz CT molecular complexity index is 2240. The number of nitrogens with zero attached hydrogens (tertiary/aromatic N) is 5. The molecule has 9 unspecified atom stereocenters. The van der Waals surface area contributed by atoms with Gasteiger partial charge >= 0.3 is 0 Å². The number of benzene rings is 2. The lowest BCUT2D eigenvalue weighted by Crippen LogP contribution is -2.66. The molecule has 0 aliphatic carbocycles. The summed E-state index contributed by atoms with van der Waals surface area (Å²) in [4.78, 5) is 128. The van der Waals surface area contributed by atoms with E-state index in [9.17, 15) is 48.3 Å². The summed E-state index contributed by atoms with van der Waals surface area (Å²) in [5, 5.41) is 26.3. The topological polar surface area (TPSA) is 262 Å². The van der Waals surface area contributed by atoms with E-state index in [1.807, 2.05) is 88.4 Å². The molecule has 0 bridgehead atoms. The van der Waals surface area contributed by atoms with Crippen LogP contribution in [0.15, 0.2) is 60.7 Å². The van der Waals surface area contributed by atoms with Crippen LogP contribution in [-0.2, 0) is 56.0 Å². The summed E-state index contributed by atoms with van der Waals surface area (Å²) in [5.74, 6) is -4.48. The van der Waals surface area contributed by atoms with Gasteiger partial charge in [0.25, 0.3) is 5.91 Å². The lowest BCUT2D eigenvalue weighted by molar-refractivity contribution is -0.159. The van der Waals surface area contributed by atoms with E-state index in [0.717, 1.165) is 11.1 Å². The Morgan fingerprint density at radius 2 is 1.30 bits per heavy atom. The molecule has 9 atom stereocenters. The van der Waals surface area contributed by atoms with Gasteiger partial charge in [0.15, 0.2) is 0 Å². The zero-order valence-electron chi connectivity index (χ0n) is 47.0.